The summed E-state index contributed by atoms with van der Waals surface area (Å²) in [6.07, 6.45) is 5.32. The molecule has 3 heteroatoms. The van der Waals surface area contributed by atoms with Crippen LogP contribution in [0.1, 0.15) is 44.9 Å². The molecule has 21 heavy (non-hydrogen) atoms. The summed E-state index contributed by atoms with van der Waals surface area (Å²) in [5, 5.41) is 5.76. The van der Waals surface area contributed by atoms with Gasteiger partial charge in [-0.15, -0.1) is 11.3 Å². The van der Waals surface area contributed by atoms with Crippen LogP contribution in [0.25, 0.3) is 0 Å². The summed E-state index contributed by atoms with van der Waals surface area (Å²) in [4.78, 5) is 4.15. The van der Waals surface area contributed by atoms with Gasteiger partial charge < -0.3 is 10.2 Å². The molecule has 0 aromatic carbocycles. The average molecular weight is 309 g/mol. The summed E-state index contributed by atoms with van der Waals surface area (Å²) < 4.78 is 0. The first-order valence-electron chi connectivity index (χ1n) is 8.51. The lowest BCUT2D eigenvalue weighted by Crippen LogP contribution is -2.34. The summed E-state index contributed by atoms with van der Waals surface area (Å²) in [7, 11) is 0. The Kier molecular flexibility index (Phi) is 6.72. The zero-order valence-corrected chi connectivity index (χ0v) is 14.8. The van der Waals surface area contributed by atoms with Crippen molar-refractivity contribution in [1.29, 1.82) is 0 Å². The number of rotatable bonds is 6. The highest BCUT2D eigenvalue weighted by atomic mass is 32.1. The Morgan fingerprint density at radius 1 is 1.24 bits per heavy atom. The predicted octanol–water partition coefficient (Wildman–Crippen LogP) is 4.03. The minimum absolute atomic E-state index is 0.481. The van der Waals surface area contributed by atoms with E-state index in [1.54, 1.807) is 0 Å². The fourth-order valence-corrected chi connectivity index (χ4v) is 3.98. The second kappa shape index (κ2) is 8.30. The van der Waals surface area contributed by atoms with Gasteiger partial charge in [0.25, 0.3) is 0 Å². The number of nitrogens with one attached hydrogen (secondary N) is 1. The monoisotopic (exact) mass is 308 g/mol. The van der Waals surface area contributed by atoms with Gasteiger partial charge in [0.05, 0.1) is 0 Å². The van der Waals surface area contributed by atoms with Gasteiger partial charge in [-0.2, -0.15) is 0 Å². The van der Waals surface area contributed by atoms with Gasteiger partial charge in [0.1, 0.15) is 0 Å². The Bertz CT molecular complexity index is 380. The summed E-state index contributed by atoms with van der Waals surface area (Å²) in [6.45, 7) is 13.2. The highest BCUT2D eigenvalue weighted by Gasteiger charge is 2.26. The van der Waals surface area contributed by atoms with E-state index in [9.17, 15) is 0 Å². The molecule has 1 saturated heterocycles. The standard InChI is InChI=1S/C18H32N2S/c1-18(2,3)16-6-4-12-20(13-9-16)14-11-19-10-8-17-7-5-15-21-17/h5,7,15-16,19H,4,6,8-14H2,1-3H3. The minimum Gasteiger partial charge on any atom is -0.315 e. The van der Waals surface area contributed by atoms with Crippen LogP contribution in [0.5, 0.6) is 0 Å². The highest BCUT2D eigenvalue weighted by molar-refractivity contribution is 7.09. The van der Waals surface area contributed by atoms with Crippen molar-refractivity contribution < 1.29 is 0 Å². The third-order valence-corrected chi connectivity index (χ3v) is 5.71. The smallest absolute Gasteiger partial charge is 0.0107 e. The normalized spacial score (nSPS) is 21.4. The van der Waals surface area contributed by atoms with Gasteiger partial charge in [0.15, 0.2) is 0 Å². The molecule has 1 aliphatic heterocycles. The van der Waals surface area contributed by atoms with Crippen molar-refractivity contribution in [1.82, 2.24) is 10.2 Å². The van der Waals surface area contributed by atoms with E-state index < -0.39 is 0 Å². The Balaban J connectivity index is 1.58. The zero-order chi connectivity index (χ0) is 15.1. The number of thiophene rings is 1. The molecule has 1 atom stereocenters. The van der Waals surface area contributed by atoms with Gasteiger partial charge in [-0.25, -0.2) is 0 Å². The molecular formula is C18H32N2S. The van der Waals surface area contributed by atoms with E-state index in [0.717, 1.165) is 19.0 Å². The molecule has 1 unspecified atom stereocenters. The molecule has 0 spiro atoms. The van der Waals surface area contributed by atoms with Crippen molar-refractivity contribution in [2.75, 3.05) is 32.7 Å². The maximum Gasteiger partial charge on any atom is 0.0107 e. The molecular weight excluding hydrogens is 276 g/mol. The second-order valence-corrected chi connectivity index (χ2v) is 8.45. The number of likely N-dealkylation sites (tertiary alicyclic amines) is 1. The fourth-order valence-electron chi connectivity index (χ4n) is 3.27. The quantitative estimate of drug-likeness (QED) is 0.798. The van der Waals surface area contributed by atoms with Gasteiger partial charge in [-0.1, -0.05) is 26.8 Å². The van der Waals surface area contributed by atoms with Crippen LogP contribution in [-0.2, 0) is 6.42 Å². The van der Waals surface area contributed by atoms with E-state index >= 15 is 0 Å². The Hall–Kier alpha value is -0.380. The lowest BCUT2D eigenvalue weighted by molar-refractivity contribution is 0.208. The molecule has 1 aromatic heterocycles. The lowest BCUT2D eigenvalue weighted by atomic mass is 9.77. The molecule has 2 rings (SSSR count). The summed E-state index contributed by atoms with van der Waals surface area (Å²) in [5.74, 6) is 0.897. The van der Waals surface area contributed by atoms with E-state index in [1.807, 2.05) is 11.3 Å². The topological polar surface area (TPSA) is 15.3 Å². The molecule has 1 fully saturated rings. The van der Waals surface area contributed by atoms with Crippen LogP contribution < -0.4 is 5.32 Å². The van der Waals surface area contributed by atoms with Crippen LogP contribution in [0, 0.1) is 11.3 Å². The molecule has 1 aliphatic rings. The van der Waals surface area contributed by atoms with Crippen molar-refractivity contribution in [2.45, 2.75) is 46.5 Å². The van der Waals surface area contributed by atoms with Crippen molar-refractivity contribution >= 4 is 11.3 Å². The first-order valence-corrected chi connectivity index (χ1v) is 9.39. The summed E-state index contributed by atoms with van der Waals surface area (Å²) in [6, 6.07) is 4.37. The van der Waals surface area contributed by atoms with Crippen LogP contribution in [0.3, 0.4) is 0 Å². The van der Waals surface area contributed by atoms with E-state index in [2.05, 4.69) is 48.5 Å². The fraction of sp³-hybridized carbons (Fsp3) is 0.778. The van der Waals surface area contributed by atoms with Crippen molar-refractivity contribution in [3.63, 3.8) is 0 Å². The lowest BCUT2D eigenvalue weighted by Gasteiger charge is -2.29. The summed E-state index contributed by atoms with van der Waals surface area (Å²) >= 11 is 1.86. The maximum atomic E-state index is 3.60. The van der Waals surface area contributed by atoms with Gasteiger partial charge in [-0.05, 0) is 61.6 Å². The van der Waals surface area contributed by atoms with Crippen molar-refractivity contribution in [2.24, 2.45) is 11.3 Å². The molecule has 0 bridgehead atoms. The van der Waals surface area contributed by atoms with E-state index in [-0.39, 0.29) is 0 Å². The zero-order valence-electron chi connectivity index (χ0n) is 14.0. The molecule has 1 aromatic rings. The van der Waals surface area contributed by atoms with Crippen molar-refractivity contribution in [3.05, 3.63) is 22.4 Å². The Morgan fingerprint density at radius 2 is 2.10 bits per heavy atom. The molecule has 2 nitrogen and oxygen atoms in total. The van der Waals surface area contributed by atoms with E-state index in [0.29, 0.717) is 5.41 Å². The van der Waals surface area contributed by atoms with Gasteiger partial charge in [0, 0.05) is 24.5 Å². The SMILES string of the molecule is CC(C)(C)C1CCCN(CCNCCc2cccs2)CC1. The number of hydrogen-bond acceptors (Lipinski definition) is 3. The molecule has 0 amide bonds. The Morgan fingerprint density at radius 3 is 2.81 bits per heavy atom. The van der Waals surface area contributed by atoms with Crippen LogP contribution in [0.15, 0.2) is 17.5 Å². The molecule has 1 N–H and O–H groups in total. The van der Waals surface area contributed by atoms with Crippen LogP contribution in [0.4, 0.5) is 0 Å². The van der Waals surface area contributed by atoms with Gasteiger partial charge in [-0.3, -0.25) is 0 Å². The van der Waals surface area contributed by atoms with E-state index in [4.69, 9.17) is 0 Å². The van der Waals surface area contributed by atoms with Gasteiger partial charge in [0.2, 0.25) is 0 Å². The third-order valence-electron chi connectivity index (χ3n) is 4.78. The first kappa shape index (κ1) is 17.0. The van der Waals surface area contributed by atoms with Gasteiger partial charge >= 0.3 is 0 Å². The Labute approximate surface area is 134 Å². The third kappa shape index (κ3) is 6.09. The number of hydrogen-bond donors (Lipinski definition) is 1. The average Bonchev–Trinajstić information content (AvgIpc) is 2.81. The van der Waals surface area contributed by atoms with Crippen LogP contribution in [-0.4, -0.2) is 37.6 Å². The maximum absolute atomic E-state index is 3.60. The minimum atomic E-state index is 0.481. The molecule has 0 aliphatic carbocycles. The van der Waals surface area contributed by atoms with Crippen molar-refractivity contribution in [3.8, 4) is 0 Å². The predicted molar refractivity (Wildman–Crippen MR) is 94.1 cm³/mol. The summed E-state index contributed by atoms with van der Waals surface area (Å²) in [5.41, 5.74) is 0.481. The molecule has 0 saturated carbocycles. The molecule has 2 heterocycles. The second-order valence-electron chi connectivity index (χ2n) is 7.41. The van der Waals surface area contributed by atoms with E-state index in [1.165, 1.54) is 50.2 Å². The largest absolute Gasteiger partial charge is 0.315 e. The molecule has 0 radical (unpaired) electrons. The highest BCUT2D eigenvalue weighted by Crippen LogP contribution is 2.34. The first-order chi connectivity index (χ1) is 10.1. The van der Waals surface area contributed by atoms with Crippen LogP contribution >= 0.6 is 11.3 Å². The van der Waals surface area contributed by atoms with Crippen LogP contribution in [0.2, 0.25) is 0 Å². The number of nitrogens with zero attached hydrogens (tertiary/aromatic N) is 1. The molecule has 120 valence electrons.